The number of methoxy groups -OCH3 is 2. The molecule has 0 aliphatic carbocycles. The second kappa shape index (κ2) is 11.9. The van der Waals surface area contributed by atoms with E-state index in [4.69, 9.17) is 14.2 Å². The van der Waals surface area contributed by atoms with Crippen LogP contribution in [-0.2, 0) is 19.1 Å². The van der Waals surface area contributed by atoms with Crippen molar-refractivity contribution in [3.63, 3.8) is 0 Å². The Bertz CT molecular complexity index is 1160. The van der Waals surface area contributed by atoms with Gasteiger partial charge >= 0.3 is 5.97 Å². The lowest BCUT2D eigenvalue weighted by Gasteiger charge is -2.31. The zero-order valence-electron chi connectivity index (χ0n) is 19.5. The van der Waals surface area contributed by atoms with Crippen molar-refractivity contribution >= 4 is 35.2 Å². The van der Waals surface area contributed by atoms with E-state index in [0.717, 1.165) is 11.8 Å². The van der Waals surface area contributed by atoms with Crippen molar-refractivity contribution < 1.29 is 28.6 Å². The van der Waals surface area contributed by atoms with Crippen molar-refractivity contribution in [1.29, 1.82) is 5.26 Å². The van der Waals surface area contributed by atoms with Gasteiger partial charge in [0.15, 0.2) is 0 Å². The van der Waals surface area contributed by atoms with Gasteiger partial charge in [-0.1, -0.05) is 23.9 Å². The summed E-state index contributed by atoms with van der Waals surface area (Å²) in [4.78, 5) is 37.9. The standard InChI is InChI=1S/C25H25N3O6S/c1-4-34-18-11-7-16(8-12-18)27-20(29)14-35-24-19(13-26)21(15-5-9-17(32-2)10-6-15)22(23(30)28-24)25(31)33-3/h5-12,21-22H,4,14H2,1-3H3,(H,27,29)(H,28,30)/t21-,22-/m1/s1. The second-order valence-corrected chi connectivity index (χ2v) is 8.38. The molecule has 0 saturated heterocycles. The van der Waals surface area contributed by atoms with Gasteiger partial charge in [-0.2, -0.15) is 5.26 Å². The van der Waals surface area contributed by atoms with Crippen LogP contribution in [-0.4, -0.2) is 44.4 Å². The van der Waals surface area contributed by atoms with Gasteiger partial charge in [-0.3, -0.25) is 14.4 Å². The monoisotopic (exact) mass is 495 g/mol. The van der Waals surface area contributed by atoms with Crippen LogP contribution in [0, 0.1) is 17.2 Å². The van der Waals surface area contributed by atoms with E-state index in [9.17, 15) is 19.6 Å². The highest BCUT2D eigenvalue weighted by molar-refractivity contribution is 8.03. The van der Waals surface area contributed by atoms with Gasteiger partial charge in [-0.25, -0.2) is 0 Å². The van der Waals surface area contributed by atoms with Crippen LogP contribution in [0.2, 0.25) is 0 Å². The summed E-state index contributed by atoms with van der Waals surface area (Å²) >= 11 is 1.01. The normalized spacial score (nSPS) is 17.1. The van der Waals surface area contributed by atoms with Gasteiger partial charge in [0.1, 0.15) is 17.4 Å². The fourth-order valence-electron chi connectivity index (χ4n) is 3.63. The summed E-state index contributed by atoms with van der Waals surface area (Å²) in [6.07, 6.45) is 0. The van der Waals surface area contributed by atoms with Crippen LogP contribution in [0.1, 0.15) is 18.4 Å². The molecule has 0 spiro atoms. The Morgan fingerprint density at radius 1 is 1.09 bits per heavy atom. The third-order valence-electron chi connectivity index (χ3n) is 5.26. The SMILES string of the molecule is CCOc1ccc(NC(=O)CSC2=C(C#N)[C@@H](c3ccc(OC)cc3)[C@@H](C(=O)OC)C(=O)N2)cc1. The van der Waals surface area contributed by atoms with Gasteiger partial charge in [-0.05, 0) is 48.9 Å². The lowest BCUT2D eigenvalue weighted by atomic mass is 9.78. The van der Waals surface area contributed by atoms with Crippen molar-refractivity contribution in [2.24, 2.45) is 5.92 Å². The number of nitrogens with one attached hydrogen (secondary N) is 2. The molecule has 0 aromatic heterocycles. The van der Waals surface area contributed by atoms with Crippen LogP contribution < -0.4 is 20.1 Å². The number of benzene rings is 2. The van der Waals surface area contributed by atoms with E-state index in [1.54, 1.807) is 48.5 Å². The Kier molecular flexibility index (Phi) is 8.75. The van der Waals surface area contributed by atoms with E-state index in [1.165, 1.54) is 14.2 Å². The van der Waals surface area contributed by atoms with E-state index >= 15 is 0 Å². The number of hydrogen-bond acceptors (Lipinski definition) is 8. The molecule has 0 unspecified atom stereocenters. The molecule has 2 amide bonds. The van der Waals surface area contributed by atoms with Gasteiger partial charge < -0.3 is 24.8 Å². The fraction of sp³-hybridized carbons (Fsp3) is 0.280. The number of nitriles is 1. The number of carbonyl (C=O) groups is 3. The molecular weight excluding hydrogens is 470 g/mol. The molecule has 0 bridgehead atoms. The van der Waals surface area contributed by atoms with Crippen molar-refractivity contribution in [1.82, 2.24) is 5.32 Å². The number of ether oxygens (including phenoxy) is 3. The minimum atomic E-state index is -1.25. The number of hydrogen-bond donors (Lipinski definition) is 2. The van der Waals surface area contributed by atoms with Crippen molar-refractivity contribution in [3.8, 4) is 17.6 Å². The molecule has 0 saturated carbocycles. The zero-order chi connectivity index (χ0) is 25.4. The minimum absolute atomic E-state index is 0.0633. The van der Waals surface area contributed by atoms with E-state index in [-0.39, 0.29) is 22.3 Å². The average molecular weight is 496 g/mol. The third kappa shape index (κ3) is 6.13. The van der Waals surface area contributed by atoms with Crippen LogP contribution in [0.5, 0.6) is 11.5 Å². The quantitative estimate of drug-likeness (QED) is 0.401. The third-order valence-corrected chi connectivity index (χ3v) is 6.27. The largest absolute Gasteiger partial charge is 0.497 e. The van der Waals surface area contributed by atoms with Gasteiger partial charge in [0.05, 0.1) is 43.3 Å². The fourth-order valence-corrected chi connectivity index (χ4v) is 4.48. The first-order chi connectivity index (χ1) is 16.9. The van der Waals surface area contributed by atoms with Crippen LogP contribution in [0.4, 0.5) is 5.69 Å². The molecule has 10 heteroatoms. The summed E-state index contributed by atoms with van der Waals surface area (Å²) in [7, 11) is 2.71. The highest BCUT2D eigenvalue weighted by atomic mass is 32.2. The van der Waals surface area contributed by atoms with Gasteiger partial charge in [-0.15, -0.1) is 0 Å². The highest BCUT2D eigenvalue weighted by Gasteiger charge is 2.44. The van der Waals surface area contributed by atoms with E-state index in [2.05, 4.69) is 16.7 Å². The molecule has 2 aromatic rings. The van der Waals surface area contributed by atoms with Gasteiger partial charge in [0.2, 0.25) is 11.8 Å². The first-order valence-corrected chi connectivity index (χ1v) is 11.7. The average Bonchev–Trinajstić information content (AvgIpc) is 2.88. The van der Waals surface area contributed by atoms with Crippen LogP contribution in [0.25, 0.3) is 0 Å². The number of amides is 2. The highest BCUT2D eigenvalue weighted by Crippen LogP contribution is 2.40. The number of nitrogens with zero attached hydrogens (tertiary/aromatic N) is 1. The summed E-state index contributed by atoms with van der Waals surface area (Å²) in [6, 6.07) is 15.8. The van der Waals surface area contributed by atoms with Crippen molar-refractivity contribution in [2.45, 2.75) is 12.8 Å². The number of rotatable bonds is 9. The van der Waals surface area contributed by atoms with Crippen molar-refractivity contribution in [3.05, 3.63) is 64.7 Å². The number of thioether (sulfide) groups is 1. The van der Waals surface area contributed by atoms with E-state index in [1.807, 2.05) is 6.92 Å². The maximum absolute atomic E-state index is 12.9. The lowest BCUT2D eigenvalue weighted by Crippen LogP contribution is -2.44. The first kappa shape index (κ1) is 25.6. The summed E-state index contributed by atoms with van der Waals surface area (Å²) in [5, 5.41) is 15.6. The Hall–Kier alpha value is -3.97. The summed E-state index contributed by atoms with van der Waals surface area (Å²) in [5.41, 5.74) is 1.33. The number of anilines is 1. The molecule has 2 aromatic carbocycles. The molecule has 1 aliphatic rings. The van der Waals surface area contributed by atoms with Crippen LogP contribution in [0.15, 0.2) is 59.1 Å². The predicted molar refractivity (Wildman–Crippen MR) is 131 cm³/mol. The molecule has 0 fully saturated rings. The van der Waals surface area contributed by atoms with Crippen LogP contribution >= 0.6 is 11.8 Å². The lowest BCUT2D eigenvalue weighted by molar-refractivity contribution is -0.150. The van der Waals surface area contributed by atoms with Gasteiger partial charge in [0.25, 0.3) is 0 Å². The molecule has 0 radical (unpaired) electrons. The minimum Gasteiger partial charge on any atom is -0.497 e. The molecule has 1 aliphatic heterocycles. The Balaban J connectivity index is 1.82. The molecular formula is C25H25N3O6S. The summed E-state index contributed by atoms with van der Waals surface area (Å²) in [5.74, 6) is -2.58. The molecule has 2 N–H and O–H groups in total. The van der Waals surface area contributed by atoms with Crippen molar-refractivity contribution in [2.75, 3.05) is 31.9 Å². The Morgan fingerprint density at radius 2 is 1.74 bits per heavy atom. The predicted octanol–water partition coefficient (Wildman–Crippen LogP) is 3.20. The number of allylic oxidation sites excluding steroid dienone is 1. The van der Waals surface area contributed by atoms with Gasteiger partial charge in [0, 0.05) is 11.6 Å². The molecule has 1 heterocycles. The molecule has 3 rings (SSSR count). The second-order valence-electron chi connectivity index (χ2n) is 7.39. The molecule has 182 valence electrons. The van der Waals surface area contributed by atoms with E-state index in [0.29, 0.717) is 29.4 Å². The zero-order valence-corrected chi connectivity index (χ0v) is 20.3. The molecule has 2 atom stereocenters. The molecule has 35 heavy (non-hydrogen) atoms. The Morgan fingerprint density at radius 3 is 2.31 bits per heavy atom. The van der Waals surface area contributed by atoms with E-state index < -0.39 is 23.7 Å². The smallest absolute Gasteiger partial charge is 0.319 e. The van der Waals surface area contributed by atoms with Crippen LogP contribution in [0.3, 0.4) is 0 Å². The maximum atomic E-state index is 12.9. The topological polar surface area (TPSA) is 127 Å². The maximum Gasteiger partial charge on any atom is 0.319 e. The first-order valence-electron chi connectivity index (χ1n) is 10.7. The molecule has 9 nitrogen and oxygen atoms in total. The Labute approximate surface area is 207 Å². The number of esters is 1. The number of carbonyl (C=O) groups excluding carboxylic acids is 3. The summed E-state index contributed by atoms with van der Waals surface area (Å²) < 4.78 is 15.4. The summed E-state index contributed by atoms with van der Waals surface area (Å²) in [6.45, 7) is 2.42.